The fourth-order valence-electron chi connectivity index (χ4n) is 1.88. The van der Waals surface area contributed by atoms with Crippen molar-refractivity contribution in [1.82, 2.24) is 10.6 Å². The maximum absolute atomic E-state index is 11.6. The van der Waals surface area contributed by atoms with E-state index in [-0.39, 0.29) is 36.7 Å². The Morgan fingerprint density at radius 2 is 2.05 bits per heavy atom. The van der Waals surface area contributed by atoms with Crippen LogP contribution in [0.3, 0.4) is 0 Å². The third-order valence-corrected chi connectivity index (χ3v) is 3.29. The zero-order chi connectivity index (χ0) is 14.3. The van der Waals surface area contributed by atoms with Gasteiger partial charge in [-0.15, -0.1) is 12.4 Å². The molecule has 1 unspecified atom stereocenters. The average Bonchev–Trinajstić information content (AvgIpc) is 2.42. The number of ether oxygens (including phenoxy) is 1. The first-order valence-electron chi connectivity index (χ1n) is 6.88. The van der Waals surface area contributed by atoms with Gasteiger partial charge in [-0.3, -0.25) is 9.59 Å². The molecule has 2 atom stereocenters. The molecule has 118 valence electrons. The molecule has 6 nitrogen and oxygen atoms in total. The predicted molar refractivity (Wildman–Crippen MR) is 79.6 cm³/mol. The minimum Gasteiger partial charge on any atom is -0.381 e. The molecule has 0 radical (unpaired) electrons. The van der Waals surface area contributed by atoms with Gasteiger partial charge in [0, 0.05) is 13.2 Å². The van der Waals surface area contributed by atoms with Gasteiger partial charge in [0.2, 0.25) is 11.8 Å². The summed E-state index contributed by atoms with van der Waals surface area (Å²) < 4.78 is 5.33. The van der Waals surface area contributed by atoms with E-state index in [0.717, 1.165) is 19.4 Å². The van der Waals surface area contributed by atoms with Gasteiger partial charge >= 0.3 is 0 Å². The number of nitrogens with one attached hydrogen (secondary N) is 2. The Hall–Kier alpha value is -0.850. The van der Waals surface area contributed by atoms with E-state index in [4.69, 9.17) is 10.5 Å². The lowest BCUT2D eigenvalue weighted by Gasteiger charge is -2.22. The quantitative estimate of drug-likeness (QED) is 0.646. The van der Waals surface area contributed by atoms with Crippen LogP contribution >= 0.6 is 12.4 Å². The van der Waals surface area contributed by atoms with Crippen LogP contribution in [0, 0.1) is 11.8 Å². The van der Waals surface area contributed by atoms with Gasteiger partial charge in [-0.05, 0) is 24.7 Å². The van der Waals surface area contributed by atoms with Crippen molar-refractivity contribution in [1.29, 1.82) is 0 Å². The fraction of sp³-hybridized carbons (Fsp3) is 0.846. The van der Waals surface area contributed by atoms with Crippen molar-refractivity contribution in [2.75, 3.05) is 26.3 Å². The van der Waals surface area contributed by atoms with Crippen LogP contribution < -0.4 is 16.4 Å². The van der Waals surface area contributed by atoms with Gasteiger partial charge < -0.3 is 21.1 Å². The molecular formula is C13H26ClN3O3. The number of carbonyl (C=O) groups excluding carboxylic acids is 2. The summed E-state index contributed by atoms with van der Waals surface area (Å²) in [6.45, 7) is 5.83. The number of amides is 2. The number of halogens is 1. The van der Waals surface area contributed by atoms with Crippen LogP contribution in [-0.4, -0.2) is 44.2 Å². The molecule has 20 heavy (non-hydrogen) atoms. The van der Waals surface area contributed by atoms with E-state index in [2.05, 4.69) is 10.6 Å². The summed E-state index contributed by atoms with van der Waals surface area (Å²) in [7, 11) is 0. The number of hydrogen-bond donors (Lipinski definition) is 3. The molecule has 0 bridgehead atoms. The van der Waals surface area contributed by atoms with Crippen LogP contribution in [0.4, 0.5) is 0 Å². The van der Waals surface area contributed by atoms with Crippen molar-refractivity contribution in [2.45, 2.75) is 32.7 Å². The van der Waals surface area contributed by atoms with Crippen molar-refractivity contribution in [2.24, 2.45) is 17.6 Å². The monoisotopic (exact) mass is 307 g/mol. The fourth-order valence-corrected chi connectivity index (χ4v) is 1.88. The second-order valence-corrected chi connectivity index (χ2v) is 5.37. The molecule has 1 aliphatic rings. The zero-order valence-electron chi connectivity index (χ0n) is 12.2. The Bertz CT molecular complexity index is 307. The molecule has 1 rings (SSSR count). The summed E-state index contributed by atoms with van der Waals surface area (Å²) in [5.41, 5.74) is 5.68. The van der Waals surface area contributed by atoms with Crippen LogP contribution in [0.2, 0.25) is 0 Å². The molecule has 0 aromatic heterocycles. The Morgan fingerprint density at radius 1 is 1.35 bits per heavy atom. The predicted octanol–water partition coefficient (Wildman–Crippen LogP) is 0.0505. The van der Waals surface area contributed by atoms with Gasteiger partial charge in [0.15, 0.2) is 0 Å². The third kappa shape index (κ3) is 7.07. The Kier molecular flexibility index (Phi) is 9.54. The van der Waals surface area contributed by atoms with Gasteiger partial charge in [0.05, 0.1) is 19.2 Å². The molecule has 0 aromatic rings. The van der Waals surface area contributed by atoms with Crippen molar-refractivity contribution >= 4 is 24.2 Å². The van der Waals surface area contributed by atoms with Gasteiger partial charge in [-0.1, -0.05) is 13.8 Å². The van der Waals surface area contributed by atoms with Crippen LogP contribution in [-0.2, 0) is 14.3 Å². The largest absolute Gasteiger partial charge is 0.381 e. The SMILES string of the molecule is CC(C)[C@H](N)C(=O)NCC(=O)NCC1CCCOC1.Cl. The molecule has 7 heteroatoms. The molecule has 2 amide bonds. The maximum atomic E-state index is 11.6. The first kappa shape index (κ1) is 19.1. The van der Waals surface area contributed by atoms with Crippen molar-refractivity contribution < 1.29 is 14.3 Å². The summed E-state index contributed by atoms with van der Waals surface area (Å²) in [6.07, 6.45) is 2.12. The Morgan fingerprint density at radius 3 is 2.60 bits per heavy atom. The standard InChI is InChI=1S/C13H25N3O3.ClH/c1-9(2)12(14)13(18)16-7-11(17)15-6-10-4-3-5-19-8-10;/h9-10,12H,3-8,14H2,1-2H3,(H,15,17)(H,16,18);1H/t10?,12-;/m0./s1. The number of carbonyl (C=O) groups is 2. The van der Waals surface area contributed by atoms with E-state index in [0.29, 0.717) is 19.1 Å². The minimum atomic E-state index is -0.570. The molecule has 1 aliphatic heterocycles. The summed E-state index contributed by atoms with van der Waals surface area (Å²) in [5, 5.41) is 5.35. The molecule has 1 saturated heterocycles. The van der Waals surface area contributed by atoms with Crippen molar-refractivity contribution in [3.8, 4) is 0 Å². The van der Waals surface area contributed by atoms with E-state index < -0.39 is 6.04 Å². The summed E-state index contributed by atoms with van der Waals surface area (Å²) >= 11 is 0. The van der Waals surface area contributed by atoms with Crippen LogP contribution in [0.25, 0.3) is 0 Å². The first-order chi connectivity index (χ1) is 9.00. The molecule has 4 N–H and O–H groups in total. The molecule has 0 spiro atoms. The van der Waals surface area contributed by atoms with Crippen LogP contribution in [0.1, 0.15) is 26.7 Å². The molecule has 1 fully saturated rings. The van der Waals surface area contributed by atoms with E-state index >= 15 is 0 Å². The highest BCUT2D eigenvalue weighted by molar-refractivity contribution is 5.87. The van der Waals surface area contributed by atoms with Crippen molar-refractivity contribution in [3.05, 3.63) is 0 Å². The lowest BCUT2D eigenvalue weighted by Crippen LogP contribution is -2.47. The molecule has 0 saturated carbocycles. The molecule has 0 aromatic carbocycles. The van der Waals surface area contributed by atoms with Gasteiger partial charge in [-0.25, -0.2) is 0 Å². The zero-order valence-corrected chi connectivity index (χ0v) is 13.0. The smallest absolute Gasteiger partial charge is 0.239 e. The van der Waals surface area contributed by atoms with E-state index in [1.807, 2.05) is 13.8 Å². The highest BCUT2D eigenvalue weighted by Crippen LogP contribution is 2.11. The summed E-state index contributed by atoms with van der Waals surface area (Å²) in [4.78, 5) is 23.1. The second-order valence-electron chi connectivity index (χ2n) is 5.37. The van der Waals surface area contributed by atoms with E-state index in [1.165, 1.54) is 0 Å². The lowest BCUT2D eigenvalue weighted by molar-refractivity contribution is -0.127. The van der Waals surface area contributed by atoms with Gasteiger partial charge in [0.1, 0.15) is 0 Å². The molecule has 0 aliphatic carbocycles. The summed E-state index contributed by atoms with van der Waals surface area (Å²) in [6, 6.07) is -0.570. The summed E-state index contributed by atoms with van der Waals surface area (Å²) in [5.74, 6) is -0.0326. The number of rotatable bonds is 6. The van der Waals surface area contributed by atoms with E-state index in [9.17, 15) is 9.59 Å². The molecular weight excluding hydrogens is 282 g/mol. The van der Waals surface area contributed by atoms with Crippen molar-refractivity contribution in [3.63, 3.8) is 0 Å². The molecule has 1 heterocycles. The Labute approximate surface area is 126 Å². The van der Waals surface area contributed by atoms with Gasteiger partial charge in [-0.2, -0.15) is 0 Å². The minimum absolute atomic E-state index is 0. The number of nitrogens with two attached hydrogens (primary N) is 1. The lowest BCUT2D eigenvalue weighted by atomic mass is 10.0. The third-order valence-electron chi connectivity index (χ3n) is 3.29. The topological polar surface area (TPSA) is 93.5 Å². The normalized spacial score (nSPS) is 19.9. The van der Waals surface area contributed by atoms with Gasteiger partial charge in [0.25, 0.3) is 0 Å². The second kappa shape index (κ2) is 9.96. The Balaban J connectivity index is 0.00000361. The highest BCUT2D eigenvalue weighted by atomic mass is 35.5. The maximum Gasteiger partial charge on any atom is 0.239 e. The number of hydrogen-bond acceptors (Lipinski definition) is 4. The van der Waals surface area contributed by atoms with Crippen LogP contribution in [0.5, 0.6) is 0 Å². The first-order valence-corrected chi connectivity index (χ1v) is 6.88. The average molecular weight is 308 g/mol. The van der Waals surface area contributed by atoms with Crippen LogP contribution in [0.15, 0.2) is 0 Å². The van der Waals surface area contributed by atoms with E-state index in [1.54, 1.807) is 0 Å². The highest BCUT2D eigenvalue weighted by Gasteiger charge is 2.18.